The van der Waals surface area contributed by atoms with Crippen LogP contribution < -0.4 is 0 Å². The number of esters is 2. The Kier molecular flexibility index (Phi) is 8.97. The molecule has 1 aliphatic heterocycles. The monoisotopic (exact) mass is 712 g/mol. The predicted octanol–water partition coefficient (Wildman–Crippen LogP) is 3.46. The summed E-state index contributed by atoms with van der Waals surface area (Å²) in [5.41, 5.74) is -6.03. The van der Waals surface area contributed by atoms with Gasteiger partial charge in [0, 0.05) is 32.3 Å². The second-order valence-corrected chi connectivity index (χ2v) is 16.3. The molecule has 9 atom stereocenters. The highest BCUT2D eigenvalue weighted by Gasteiger charge is 2.78. The highest BCUT2D eigenvalue weighted by Crippen LogP contribution is 2.64. The van der Waals surface area contributed by atoms with E-state index in [0.29, 0.717) is 0 Å². The molecule has 3 aliphatic carbocycles. The number of carbonyl (C=O) groups excluding carboxylic acids is 3. The number of rotatable bonds is 7. The number of ketones is 1. The van der Waals surface area contributed by atoms with Gasteiger partial charge in [0.15, 0.2) is 17.5 Å². The van der Waals surface area contributed by atoms with Crippen LogP contribution in [0.25, 0.3) is 0 Å². The van der Waals surface area contributed by atoms with Crippen molar-refractivity contribution in [3.05, 3.63) is 76.9 Å². The summed E-state index contributed by atoms with van der Waals surface area (Å²) in [6.07, 6.45) is -7.10. The van der Waals surface area contributed by atoms with Gasteiger partial charge in [-0.1, -0.05) is 49.7 Å². The second kappa shape index (κ2) is 12.3. The van der Waals surface area contributed by atoms with Crippen LogP contribution in [0, 0.1) is 23.7 Å². The first kappa shape index (κ1) is 36.3. The Labute approximate surface area is 291 Å². The van der Waals surface area contributed by atoms with Gasteiger partial charge in [0.1, 0.15) is 17.8 Å². The Morgan fingerprint density at radius 3 is 2.20 bits per heavy atom. The molecule has 2 bridgehead atoms. The van der Waals surface area contributed by atoms with E-state index in [2.05, 4.69) is 0 Å². The van der Waals surface area contributed by atoms with E-state index in [9.17, 15) is 28.2 Å². The summed E-state index contributed by atoms with van der Waals surface area (Å²) in [4.78, 5) is 42.2. The Bertz CT molecular complexity index is 1840. The van der Waals surface area contributed by atoms with E-state index in [1.807, 2.05) is 0 Å². The summed E-state index contributed by atoms with van der Waals surface area (Å²) in [5.74, 6) is -3.69. The maximum Gasteiger partial charge on any atom is 0.338 e. The van der Waals surface area contributed by atoms with E-state index in [-0.39, 0.29) is 41.1 Å². The number of aryl methyl sites for hydroxylation is 1. The number of aliphatic hydroxyl groups is 2. The van der Waals surface area contributed by atoms with Gasteiger partial charge in [-0.3, -0.25) is 13.8 Å². The van der Waals surface area contributed by atoms with Crippen molar-refractivity contribution in [1.29, 1.82) is 0 Å². The fourth-order valence-corrected chi connectivity index (χ4v) is 9.94. The lowest BCUT2D eigenvalue weighted by Gasteiger charge is -2.67. The van der Waals surface area contributed by atoms with Gasteiger partial charge in [0.2, 0.25) is 0 Å². The molecule has 2 aromatic carbocycles. The first-order valence-corrected chi connectivity index (χ1v) is 18.0. The van der Waals surface area contributed by atoms with E-state index in [1.54, 1.807) is 58.0 Å². The molecule has 1 saturated heterocycles. The normalized spacial score (nSPS) is 36.2. The molecule has 0 amide bonds. The largest absolute Gasteiger partial charge is 0.455 e. The highest BCUT2D eigenvalue weighted by molar-refractivity contribution is 7.86. The molecule has 13 heteroatoms. The Morgan fingerprint density at radius 1 is 1.00 bits per heavy atom. The lowest BCUT2D eigenvalue weighted by atomic mass is 9.44. The van der Waals surface area contributed by atoms with Crippen LogP contribution in [0.5, 0.6) is 0 Å². The van der Waals surface area contributed by atoms with Crippen LogP contribution in [-0.2, 0) is 42.8 Å². The van der Waals surface area contributed by atoms with Crippen molar-refractivity contribution in [2.45, 2.75) is 101 Å². The predicted molar refractivity (Wildman–Crippen MR) is 177 cm³/mol. The third kappa shape index (κ3) is 5.27. The zero-order valence-corrected chi connectivity index (χ0v) is 30.0. The molecular formula is C37H44O12S. The van der Waals surface area contributed by atoms with Crippen molar-refractivity contribution in [2.75, 3.05) is 13.7 Å². The van der Waals surface area contributed by atoms with Gasteiger partial charge in [0.25, 0.3) is 10.1 Å². The highest BCUT2D eigenvalue weighted by atomic mass is 32.2. The minimum Gasteiger partial charge on any atom is -0.455 e. The molecule has 50 heavy (non-hydrogen) atoms. The molecule has 6 rings (SSSR count). The summed E-state index contributed by atoms with van der Waals surface area (Å²) in [6.45, 7) is 9.06. The number of methoxy groups -OCH3 is 1. The van der Waals surface area contributed by atoms with Crippen molar-refractivity contribution in [3.63, 3.8) is 0 Å². The summed E-state index contributed by atoms with van der Waals surface area (Å²) in [5, 5.41) is 24.8. The zero-order chi connectivity index (χ0) is 36.6. The van der Waals surface area contributed by atoms with Crippen molar-refractivity contribution in [1.82, 2.24) is 0 Å². The van der Waals surface area contributed by atoms with Gasteiger partial charge in [-0.05, 0) is 56.2 Å². The van der Waals surface area contributed by atoms with E-state index in [1.165, 1.54) is 45.2 Å². The number of Topliss-reactive ketones (excluding diaryl/α,β-unsaturated/α-hetero) is 1. The average Bonchev–Trinajstić information content (AvgIpc) is 3.05. The number of benzene rings is 2. The minimum absolute atomic E-state index is 0.0308. The average molecular weight is 713 g/mol. The summed E-state index contributed by atoms with van der Waals surface area (Å²) in [6, 6.07) is 14.0. The number of hydrogen-bond acceptors (Lipinski definition) is 12. The van der Waals surface area contributed by atoms with Crippen LogP contribution in [0.1, 0.15) is 63.4 Å². The summed E-state index contributed by atoms with van der Waals surface area (Å²) < 4.78 is 58.3. The van der Waals surface area contributed by atoms with Crippen molar-refractivity contribution < 1.29 is 56.1 Å². The third-order valence-electron chi connectivity index (χ3n) is 11.7. The van der Waals surface area contributed by atoms with Crippen LogP contribution in [0.3, 0.4) is 0 Å². The summed E-state index contributed by atoms with van der Waals surface area (Å²) >= 11 is 0. The molecule has 12 nitrogen and oxygen atoms in total. The molecule has 2 N–H and O–H groups in total. The van der Waals surface area contributed by atoms with Gasteiger partial charge in [-0.2, -0.15) is 8.42 Å². The fraction of sp³-hybridized carbons (Fsp3) is 0.541. The van der Waals surface area contributed by atoms with Crippen LogP contribution >= 0.6 is 0 Å². The van der Waals surface area contributed by atoms with E-state index >= 15 is 4.79 Å². The van der Waals surface area contributed by atoms with Crippen LogP contribution in [0.2, 0.25) is 0 Å². The summed E-state index contributed by atoms with van der Waals surface area (Å²) in [7, 11) is -3.26. The van der Waals surface area contributed by atoms with Crippen molar-refractivity contribution in [3.8, 4) is 0 Å². The van der Waals surface area contributed by atoms with Crippen LogP contribution in [0.4, 0.5) is 0 Å². The molecule has 3 fully saturated rings. The topological polar surface area (TPSA) is 172 Å². The fourth-order valence-electron chi connectivity index (χ4n) is 8.93. The second-order valence-electron chi connectivity index (χ2n) is 14.7. The van der Waals surface area contributed by atoms with Gasteiger partial charge < -0.3 is 29.2 Å². The minimum atomic E-state index is -4.64. The Hall–Kier alpha value is -3.46. The lowest BCUT2D eigenvalue weighted by molar-refractivity contribution is -0.347. The van der Waals surface area contributed by atoms with Crippen molar-refractivity contribution in [2.24, 2.45) is 16.7 Å². The number of aliphatic hydroxyl groups excluding tert-OH is 1. The van der Waals surface area contributed by atoms with E-state index in [0.717, 1.165) is 5.56 Å². The third-order valence-corrected chi connectivity index (χ3v) is 13.0. The van der Waals surface area contributed by atoms with Gasteiger partial charge in [-0.25, -0.2) is 4.79 Å². The molecule has 2 saturated carbocycles. The van der Waals surface area contributed by atoms with Gasteiger partial charge in [0.05, 0.1) is 40.6 Å². The quantitative estimate of drug-likeness (QED) is 0.244. The first-order chi connectivity index (χ1) is 23.3. The van der Waals surface area contributed by atoms with E-state index in [4.69, 9.17) is 23.1 Å². The molecule has 0 unspecified atom stereocenters. The molecule has 1 heterocycles. The lowest BCUT2D eigenvalue weighted by Crippen LogP contribution is -2.82. The maximum absolute atomic E-state index is 15.5. The molecule has 0 radical (unpaired) electrons. The number of carbonyl (C=O) groups is 3. The SMILES string of the molecule is CO[C@H]1C[C@H]2OC[C@@]2(OC(C)=O)[C@H]2[C@H](OC(=O)c3ccccc3)[C@]3(O)C[C@H](O)C(C)=C([C@@H](OS(=O)(=O)c4ccc(C)cc4)C(=O)[C@]12C)C3(C)C. The molecule has 4 aliphatic rings. The van der Waals surface area contributed by atoms with Crippen LogP contribution in [0.15, 0.2) is 70.6 Å². The van der Waals surface area contributed by atoms with E-state index < -0.39 is 86.3 Å². The maximum atomic E-state index is 15.5. The van der Waals surface area contributed by atoms with Gasteiger partial charge >= 0.3 is 11.9 Å². The molecular weight excluding hydrogens is 668 g/mol. The molecule has 0 spiro atoms. The number of ether oxygens (including phenoxy) is 4. The molecule has 0 aromatic heterocycles. The molecule has 2 aromatic rings. The Morgan fingerprint density at radius 2 is 1.64 bits per heavy atom. The smallest absolute Gasteiger partial charge is 0.338 e. The first-order valence-electron chi connectivity index (χ1n) is 16.6. The van der Waals surface area contributed by atoms with Gasteiger partial charge in [-0.15, -0.1) is 0 Å². The standard InChI is InChI=1S/C37H44O12S/c1-20-13-15-24(16-14-20)50(43,44)49-29-28-21(2)25(39)18-37(42,34(28,4)5)32(47-33(41)23-11-9-8-10-12-23)30-35(6,31(29)40)26(45-7)17-27-36(30,19-46-27)48-22(3)38/h8-16,25-27,29-30,32,39,42H,17-19H2,1-7H3/t25-,26-,27+,29+,30-,32-,35+,36-,37+/m0/s1. The van der Waals surface area contributed by atoms with Crippen LogP contribution in [-0.4, -0.2) is 91.8 Å². The number of hydrogen-bond donors (Lipinski definition) is 2. The Balaban J connectivity index is 1.65. The molecule has 270 valence electrons. The van der Waals surface area contributed by atoms with Crippen molar-refractivity contribution >= 4 is 27.8 Å². The zero-order valence-electron chi connectivity index (χ0n) is 29.2. The number of fused-ring (bicyclic) bond motifs is 5.